The second-order valence-electron chi connectivity index (χ2n) is 3.62. The minimum absolute atomic E-state index is 0.0665. The molecule has 1 aliphatic carbocycles. The Morgan fingerprint density at radius 3 is 2.75 bits per heavy atom. The van der Waals surface area contributed by atoms with Gasteiger partial charge in [0.15, 0.2) is 5.78 Å². The van der Waals surface area contributed by atoms with Crippen molar-refractivity contribution in [2.45, 2.75) is 6.92 Å². The molecule has 0 heterocycles. The molecular formula is C13H10O3. The van der Waals surface area contributed by atoms with Crippen LogP contribution in [0.3, 0.4) is 0 Å². The number of fused-ring (bicyclic) bond motifs is 1. The van der Waals surface area contributed by atoms with Crippen LogP contribution in [0.25, 0.3) is 6.08 Å². The van der Waals surface area contributed by atoms with Crippen LogP contribution in [-0.2, 0) is 4.79 Å². The van der Waals surface area contributed by atoms with Crippen LogP contribution < -0.4 is 4.74 Å². The highest BCUT2D eigenvalue weighted by Gasteiger charge is 2.15. The van der Waals surface area contributed by atoms with E-state index in [-0.39, 0.29) is 5.78 Å². The lowest BCUT2D eigenvalue weighted by Gasteiger charge is -2.05. The molecule has 0 saturated heterocycles. The van der Waals surface area contributed by atoms with E-state index in [4.69, 9.17) is 4.74 Å². The Hall–Kier alpha value is -2.16. The quantitative estimate of drug-likeness (QED) is 0.431. The molecule has 0 unspecified atom stereocenters. The van der Waals surface area contributed by atoms with Crippen molar-refractivity contribution in [3.05, 3.63) is 47.6 Å². The SMILES string of the molecule is C=C(C)C(=O)Oc1ccc2c(c1)C(=O)C=C2. The number of carbonyl (C=O) groups excluding carboxylic acids is 2. The maximum atomic E-state index is 11.4. The Morgan fingerprint density at radius 2 is 2.06 bits per heavy atom. The zero-order chi connectivity index (χ0) is 11.7. The molecule has 0 atom stereocenters. The molecule has 0 saturated carbocycles. The molecular weight excluding hydrogens is 204 g/mol. The van der Waals surface area contributed by atoms with Gasteiger partial charge in [0.1, 0.15) is 5.75 Å². The molecule has 0 radical (unpaired) electrons. The highest BCUT2D eigenvalue weighted by atomic mass is 16.5. The second-order valence-corrected chi connectivity index (χ2v) is 3.62. The Labute approximate surface area is 93.0 Å². The topological polar surface area (TPSA) is 43.4 Å². The van der Waals surface area contributed by atoms with Crippen molar-refractivity contribution in [2.75, 3.05) is 0 Å². The van der Waals surface area contributed by atoms with E-state index >= 15 is 0 Å². The van der Waals surface area contributed by atoms with E-state index in [1.54, 1.807) is 31.2 Å². The number of ketones is 1. The van der Waals surface area contributed by atoms with Crippen molar-refractivity contribution < 1.29 is 14.3 Å². The van der Waals surface area contributed by atoms with E-state index in [0.717, 1.165) is 5.56 Å². The van der Waals surface area contributed by atoms with E-state index in [2.05, 4.69) is 6.58 Å². The summed E-state index contributed by atoms with van der Waals surface area (Å²) in [6.45, 7) is 5.06. The highest BCUT2D eigenvalue weighted by molar-refractivity contribution is 6.13. The zero-order valence-corrected chi connectivity index (χ0v) is 8.82. The first-order valence-corrected chi connectivity index (χ1v) is 4.82. The summed E-state index contributed by atoms with van der Waals surface area (Å²) < 4.78 is 5.03. The molecule has 1 aromatic carbocycles. The number of rotatable bonds is 2. The van der Waals surface area contributed by atoms with Gasteiger partial charge in [0.25, 0.3) is 0 Å². The van der Waals surface area contributed by atoms with Crippen LogP contribution >= 0.6 is 0 Å². The van der Waals surface area contributed by atoms with Gasteiger partial charge >= 0.3 is 5.97 Å². The molecule has 3 nitrogen and oxygen atoms in total. The van der Waals surface area contributed by atoms with Gasteiger partial charge in [-0.1, -0.05) is 18.7 Å². The van der Waals surface area contributed by atoms with Crippen LogP contribution in [0.2, 0.25) is 0 Å². The Balaban J connectivity index is 2.27. The number of ether oxygens (including phenoxy) is 1. The van der Waals surface area contributed by atoms with Gasteiger partial charge in [0.2, 0.25) is 0 Å². The van der Waals surface area contributed by atoms with Gasteiger partial charge in [0, 0.05) is 11.1 Å². The summed E-state index contributed by atoms with van der Waals surface area (Å²) in [6, 6.07) is 4.97. The third kappa shape index (κ3) is 1.80. The fraction of sp³-hybridized carbons (Fsp3) is 0.0769. The van der Waals surface area contributed by atoms with Crippen LogP contribution in [-0.4, -0.2) is 11.8 Å². The predicted octanol–water partition coefficient (Wildman–Crippen LogP) is 2.38. The predicted molar refractivity (Wildman–Crippen MR) is 60.3 cm³/mol. The Morgan fingerprint density at radius 1 is 1.31 bits per heavy atom. The van der Waals surface area contributed by atoms with Gasteiger partial charge in [0.05, 0.1) is 0 Å². The first-order valence-electron chi connectivity index (χ1n) is 4.82. The molecule has 0 aromatic heterocycles. The average Bonchev–Trinajstić information content (AvgIpc) is 2.60. The third-order valence-electron chi connectivity index (χ3n) is 2.26. The highest BCUT2D eigenvalue weighted by Crippen LogP contribution is 2.24. The van der Waals surface area contributed by atoms with Gasteiger partial charge in [-0.05, 0) is 30.7 Å². The van der Waals surface area contributed by atoms with E-state index in [9.17, 15) is 9.59 Å². The molecule has 16 heavy (non-hydrogen) atoms. The second kappa shape index (κ2) is 3.77. The zero-order valence-electron chi connectivity index (χ0n) is 8.82. The summed E-state index contributed by atoms with van der Waals surface area (Å²) >= 11 is 0. The minimum atomic E-state index is -0.488. The van der Waals surface area contributed by atoms with E-state index < -0.39 is 5.97 Å². The Kier molecular flexibility index (Phi) is 2.44. The number of allylic oxidation sites excluding steroid dienone is 1. The number of hydrogen-bond donors (Lipinski definition) is 0. The molecule has 80 valence electrons. The first kappa shape index (κ1) is 10.4. The van der Waals surface area contributed by atoms with E-state index in [1.807, 2.05) is 0 Å². The van der Waals surface area contributed by atoms with Gasteiger partial charge in [-0.3, -0.25) is 4.79 Å². The standard InChI is InChI=1S/C13H10O3/c1-8(2)13(15)16-10-5-3-9-4-6-12(14)11(9)7-10/h3-7H,1H2,2H3. The molecule has 0 fully saturated rings. The van der Waals surface area contributed by atoms with Crippen LogP contribution in [0.4, 0.5) is 0 Å². The first-order chi connectivity index (χ1) is 7.58. The lowest BCUT2D eigenvalue weighted by atomic mass is 10.1. The van der Waals surface area contributed by atoms with Gasteiger partial charge < -0.3 is 4.74 Å². The smallest absolute Gasteiger partial charge is 0.338 e. The van der Waals surface area contributed by atoms with Gasteiger partial charge in [-0.15, -0.1) is 0 Å². The van der Waals surface area contributed by atoms with Crippen molar-refractivity contribution in [1.29, 1.82) is 0 Å². The van der Waals surface area contributed by atoms with Crippen LogP contribution in [0, 0.1) is 0 Å². The summed E-state index contributed by atoms with van der Waals surface area (Å²) in [7, 11) is 0. The maximum absolute atomic E-state index is 11.4. The summed E-state index contributed by atoms with van der Waals surface area (Å²) in [4.78, 5) is 22.7. The monoisotopic (exact) mass is 214 g/mol. The Bertz CT molecular complexity index is 524. The summed E-state index contributed by atoms with van der Waals surface area (Å²) in [5.74, 6) is -0.189. The largest absolute Gasteiger partial charge is 0.423 e. The molecule has 0 amide bonds. The number of carbonyl (C=O) groups is 2. The van der Waals surface area contributed by atoms with Crippen molar-refractivity contribution in [1.82, 2.24) is 0 Å². The lowest BCUT2D eigenvalue weighted by molar-refractivity contribution is -0.130. The molecule has 2 rings (SSSR count). The molecule has 3 heteroatoms. The molecule has 0 N–H and O–H groups in total. The van der Waals surface area contributed by atoms with Crippen molar-refractivity contribution >= 4 is 17.8 Å². The molecule has 1 aliphatic rings. The molecule has 0 spiro atoms. The molecule has 1 aromatic rings. The van der Waals surface area contributed by atoms with Crippen molar-refractivity contribution in [3.63, 3.8) is 0 Å². The summed E-state index contributed by atoms with van der Waals surface area (Å²) in [5, 5.41) is 0. The van der Waals surface area contributed by atoms with Crippen molar-refractivity contribution in [3.8, 4) is 5.75 Å². The third-order valence-corrected chi connectivity index (χ3v) is 2.26. The maximum Gasteiger partial charge on any atom is 0.338 e. The van der Waals surface area contributed by atoms with Gasteiger partial charge in [-0.2, -0.15) is 0 Å². The number of esters is 1. The van der Waals surface area contributed by atoms with Crippen LogP contribution in [0.15, 0.2) is 36.4 Å². The number of hydrogen-bond acceptors (Lipinski definition) is 3. The van der Waals surface area contributed by atoms with Crippen molar-refractivity contribution in [2.24, 2.45) is 0 Å². The average molecular weight is 214 g/mol. The normalized spacial score (nSPS) is 12.4. The summed E-state index contributed by atoms with van der Waals surface area (Å²) in [6.07, 6.45) is 3.23. The molecule has 0 bridgehead atoms. The van der Waals surface area contributed by atoms with E-state index in [1.165, 1.54) is 6.08 Å². The fourth-order valence-electron chi connectivity index (χ4n) is 1.41. The summed E-state index contributed by atoms with van der Waals surface area (Å²) in [5.41, 5.74) is 1.73. The van der Waals surface area contributed by atoms with E-state index in [0.29, 0.717) is 16.9 Å². The van der Waals surface area contributed by atoms with Crippen LogP contribution in [0.5, 0.6) is 5.75 Å². The minimum Gasteiger partial charge on any atom is -0.423 e. The molecule has 0 aliphatic heterocycles. The fourth-order valence-corrected chi connectivity index (χ4v) is 1.41. The number of benzene rings is 1. The van der Waals surface area contributed by atoms with Crippen LogP contribution in [0.1, 0.15) is 22.8 Å². The van der Waals surface area contributed by atoms with Gasteiger partial charge in [-0.25, -0.2) is 4.79 Å². The lowest BCUT2D eigenvalue weighted by Crippen LogP contribution is -2.08.